The summed E-state index contributed by atoms with van der Waals surface area (Å²) in [6, 6.07) is 0.301. The van der Waals surface area contributed by atoms with Crippen LogP contribution in [0.5, 0.6) is 0 Å². The monoisotopic (exact) mass is 263 g/mol. The van der Waals surface area contributed by atoms with Gasteiger partial charge in [-0.3, -0.25) is 4.79 Å². The highest BCUT2D eigenvalue weighted by molar-refractivity contribution is 9.10. The average molecular weight is 264 g/mol. The fraction of sp³-hybridized carbons (Fsp3) is 0.900. The summed E-state index contributed by atoms with van der Waals surface area (Å²) in [5.74, 6) is 0.432. The molecule has 1 N–H and O–H groups in total. The van der Waals surface area contributed by atoms with Crippen molar-refractivity contribution in [3.63, 3.8) is 0 Å². The van der Waals surface area contributed by atoms with Crippen LogP contribution >= 0.6 is 15.9 Å². The molecule has 3 nitrogen and oxygen atoms in total. The van der Waals surface area contributed by atoms with Crippen LogP contribution in [-0.4, -0.2) is 30.0 Å². The second-order valence-electron chi connectivity index (χ2n) is 4.04. The van der Waals surface area contributed by atoms with Crippen LogP contribution in [0, 0.1) is 5.92 Å². The third kappa shape index (κ3) is 3.58. The molecule has 1 aliphatic heterocycles. The van der Waals surface area contributed by atoms with Crippen molar-refractivity contribution in [3.8, 4) is 0 Å². The Morgan fingerprint density at radius 2 is 2.00 bits per heavy atom. The molecule has 82 valence electrons. The van der Waals surface area contributed by atoms with E-state index in [2.05, 4.69) is 21.2 Å². The number of alkyl halides is 1. The summed E-state index contributed by atoms with van der Waals surface area (Å²) in [6.45, 7) is 5.59. The Morgan fingerprint density at radius 3 is 2.50 bits per heavy atom. The van der Waals surface area contributed by atoms with Crippen molar-refractivity contribution in [2.75, 3.05) is 13.2 Å². The molecule has 1 unspecified atom stereocenters. The van der Waals surface area contributed by atoms with E-state index in [1.807, 2.05) is 13.8 Å². The van der Waals surface area contributed by atoms with Crippen LogP contribution < -0.4 is 5.32 Å². The summed E-state index contributed by atoms with van der Waals surface area (Å²) in [5.41, 5.74) is 0. The summed E-state index contributed by atoms with van der Waals surface area (Å²) in [4.78, 5) is 11.6. The molecule has 0 aromatic rings. The Kier molecular flexibility index (Phi) is 4.89. The summed E-state index contributed by atoms with van der Waals surface area (Å²) in [6.07, 6.45) is 1.87. The molecule has 4 heteroatoms. The maximum atomic E-state index is 11.7. The number of hydrogen-bond donors (Lipinski definition) is 1. The molecule has 0 aromatic heterocycles. The largest absolute Gasteiger partial charge is 0.381 e. The molecule has 1 heterocycles. The lowest BCUT2D eigenvalue weighted by Gasteiger charge is -2.25. The molecule has 1 fully saturated rings. The molecular weight excluding hydrogens is 246 g/mol. The summed E-state index contributed by atoms with van der Waals surface area (Å²) in [7, 11) is 0. The normalized spacial score (nSPS) is 20.9. The van der Waals surface area contributed by atoms with E-state index in [-0.39, 0.29) is 10.7 Å². The van der Waals surface area contributed by atoms with Gasteiger partial charge in [0, 0.05) is 19.3 Å². The van der Waals surface area contributed by atoms with Crippen LogP contribution in [0.15, 0.2) is 0 Å². The zero-order valence-electron chi connectivity index (χ0n) is 8.75. The second-order valence-corrected chi connectivity index (χ2v) is 5.03. The lowest BCUT2D eigenvalue weighted by Crippen LogP contribution is -2.43. The molecule has 0 saturated carbocycles. The van der Waals surface area contributed by atoms with E-state index < -0.39 is 0 Å². The van der Waals surface area contributed by atoms with Gasteiger partial charge in [-0.25, -0.2) is 0 Å². The minimum atomic E-state index is -0.0784. The van der Waals surface area contributed by atoms with Crippen LogP contribution in [0.4, 0.5) is 0 Å². The lowest BCUT2D eigenvalue weighted by atomic mass is 10.1. The highest BCUT2D eigenvalue weighted by Gasteiger charge is 2.22. The predicted octanol–water partition coefficient (Wildman–Crippen LogP) is 1.70. The molecule has 1 rings (SSSR count). The number of carbonyl (C=O) groups is 1. The number of nitrogens with one attached hydrogen (secondary N) is 1. The third-order valence-electron chi connectivity index (χ3n) is 2.40. The topological polar surface area (TPSA) is 38.3 Å². The Hall–Kier alpha value is -0.0900. The van der Waals surface area contributed by atoms with Crippen molar-refractivity contribution in [1.29, 1.82) is 0 Å². The van der Waals surface area contributed by atoms with Gasteiger partial charge in [-0.05, 0) is 18.8 Å². The zero-order valence-corrected chi connectivity index (χ0v) is 10.3. The van der Waals surface area contributed by atoms with Crippen LogP contribution in [0.1, 0.15) is 26.7 Å². The molecule has 0 aromatic carbocycles. The Morgan fingerprint density at radius 1 is 1.43 bits per heavy atom. The number of rotatable bonds is 3. The van der Waals surface area contributed by atoms with Gasteiger partial charge in [-0.15, -0.1) is 0 Å². The number of ether oxygens (including phenoxy) is 1. The number of halogens is 1. The molecule has 0 aliphatic carbocycles. The third-order valence-corrected chi connectivity index (χ3v) is 3.88. The van der Waals surface area contributed by atoms with Gasteiger partial charge in [-0.2, -0.15) is 0 Å². The number of carbonyl (C=O) groups excluding carboxylic acids is 1. The van der Waals surface area contributed by atoms with E-state index in [0.29, 0.717) is 12.0 Å². The van der Waals surface area contributed by atoms with Crippen LogP contribution in [0.25, 0.3) is 0 Å². The summed E-state index contributed by atoms with van der Waals surface area (Å²) < 4.78 is 5.23. The Bertz CT molecular complexity index is 191. The van der Waals surface area contributed by atoms with Crippen molar-refractivity contribution in [3.05, 3.63) is 0 Å². The molecule has 0 spiro atoms. The SMILES string of the molecule is CC(C)C(Br)C(=O)NC1CCOCC1. The molecule has 1 atom stereocenters. The van der Waals surface area contributed by atoms with Crippen molar-refractivity contribution >= 4 is 21.8 Å². The van der Waals surface area contributed by atoms with Crippen LogP contribution in [-0.2, 0) is 9.53 Å². The van der Waals surface area contributed by atoms with Crippen LogP contribution in [0.3, 0.4) is 0 Å². The van der Waals surface area contributed by atoms with Crippen molar-refractivity contribution < 1.29 is 9.53 Å². The van der Waals surface area contributed by atoms with Crippen molar-refractivity contribution in [1.82, 2.24) is 5.32 Å². The first-order valence-electron chi connectivity index (χ1n) is 5.13. The molecule has 14 heavy (non-hydrogen) atoms. The molecule has 1 aliphatic rings. The first-order valence-corrected chi connectivity index (χ1v) is 6.05. The molecule has 0 bridgehead atoms. The van der Waals surface area contributed by atoms with Crippen molar-refractivity contribution in [2.24, 2.45) is 5.92 Å². The molecular formula is C10H18BrNO2. The summed E-state index contributed by atoms with van der Waals surface area (Å²) in [5, 5.41) is 3.03. The second kappa shape index (κ2) is 5.71. The number of hydrogen-bond acceptors (Lipinski definition) is 2. The van der Waals surface area contributed by atoms with Gasteiger partial charge < -0.3 is 10.1 Å². The first-order chi connectivity index (χ1) is 6.61. The highest BCUT2D eigenvalue weighted by atomic mass is 79.9. The van der Waals surface area contributed by atoms with Gasteiger partial charge in [0.25, 0.3) is 0 Å². The quantitative estimate of drug-likeness (QED) is 0.788. The molecule has 1 amide bonds. The predicted molar refractivity (Wildman–Crippen MR) is 59.5 cm³/mol. The highest BCUT2D eigenvalue weighted by Crippen LogP contribution is 2.13. The van der Waals surface area contributed by atoms with E-state index in [1.54, 1.807) is 0 Å². The van der Waals surface area contributed by atoms with E-state index >= 15 is 0 Å². The zero-order chi connectivity index (χ0) is 10.6. The van der Waals surface area contributed by atoms with Gasteiger partial charge in [0.15, 0.2) is 0 Å². The first kappa shape index (κ1) is 12.0. The summed E-state index contributed by atoms with van der Waals surface area (Å²) >= 11 is 3.39. The van der Waals surface area contributed by atoms with Crippen LogP contribution in [0.2, 0.25) is 0 Å². The number of amides is 1. The minimum Gasteiger partial charge on any atom is -0.381 e. The fourth-order valence-corrected chi connectivity index (χ4v) is 1.56. The van der Waals surface area contributed by atoms with Crippen molar-refractivity contribution in [2.45, 2.75) is 37.6 Å². The Labute approximate surface area is 93.7 Å². The minimum absolute atomic E-state index is 0.0784. The maximum Gasteiger partial charge on any atom is 0.234 e. The van der Waals surface area contributed by atoms with E-state index in [9.17, 15) is 4.79 Å². The smallest absolute Gasteiger partial charge is 0.234 e. The molecule has 0 radical (unpaired) electrons. The van der Waals surface area contributed by atoms with Gasteiger partial charge >= 0.3 is 0 Å². The van der Waals surface area contributed by atoms with Gasteiger partial charge in [0.1, 0.15) is 0 Å². The van der Waals surface area contributed by atoms with Gasteiger partial charge in [0.05, 0.1) is 4.83 Å². The Balaban J connectivity index is 2.31. The van der Waals surface area contributed by atoms with E-state index in [4.69, 9.17) is 4.74 Å². The average Bonchev–Trinajstić information content (AvgIpc) is 2.18. The van der Waals surface area contributed by atoms with Gasteiger partial charge in [-0.1, -0.05) is 29.8 Å². The standard InChI is InChI=1S/C10H18BrNO2/c1-7(2)9(11)10(13)12-8-3-5-14-6-4-8/h7-9H,3-6H2,1-2H3,(H,12,13). The van der Waals surface area contributed by atoms with E-state index in [0.717, 1.165) is 26.1 Å². The van der Waals surface area contributed by atoms with E-state index in [1.165, 1.54) is 0 Å². The van der Waals surface area contributed by atoms with Gasteiger partial charge in [0.2, 0.25) is 5.91 Å². The fourth-order valence-electron chi connectivity index (χ4n) is 1.43. The molecule has 1 saturated heterocycles. The maximum absolute atomic E-state index is 11.7. The lowest BCUT2D eigenvalue weighted by molar-refractivity contribution is -0.122.